The van der Waals surface area contributed by atoms with Crippen LogP contribution in [0.1, 0.15) is 21.5 Å². The molecule has 1 amide bonds. The molecule has 0 spiro atoms. The number of carbonyl (C=O) groups excluding carboxylic acids is 1. The number of rotatable bonds is 1. The quantitative estimate of drug-likeness (QED) is 0.666. The van der Waals surface area contributed by atoms with Crippen molar-refractivity contribution in [3.63, 3.8) is 0 Å². The molecule has 0 bridgehead atoms. The molecule has 3 nitrogen and oxygen atoms in total. The fourth-order valence-electron chi connectivity index (χ4n) is 2.42. The van der Waals surface area contributed by atoms with E-state index in [4.69, 9.17) is 0 Å². The van der Waals surface area contributed by atoms with E-state index in [2.05, 4.69) is 4.99 Å². The van der Waals surface area contributed by atoms with Crippen molar-refractivity contribution in [1.29, 1.82) is 0 Å². The lowest BCUT2D eigenvalue weighted by Gasteiger charge is -2.02. The highest BCUT2D eigenvalue weighted by atomic mass is 32.1. The van der Waals surface area contributed by atoms with E-state index in [0.29, 0.717) is 15.1 Å². The zero-order valence-corrected chi connectivity index (χ0v) is 13.7. The molecule has 118 valence electrons. The maximum absolute atomic E-state index is 13.9. The molecule has 3 rings (SSSR count). The Hall–Kier alpha value is -2.34. The first-order chi connectivity index (χ1) is 10.9. The summed E-state index contributed by atoms with van der Waals surface area (Å²) in [5.41, 5.74) is 2.53. The van der Waals surface area contributed by atoms with Gasteiger partial charge in [0.05, 0.1) is 10.2 Å². The van der Waals surface area contributed by atoms with Gasteiger partial charge in [0.15, 0.2) is 10.6 Å². The summed E-state index contributed by atoms with van der Waals surface area (Å²) in [6.45, 7) is 3.73. The fourth-order valence-corrected chi connectivity index (χ4v) is 3.48. The Balaban J connectivity index is 2.18. The van der Waals surface area contributed by atoms with E-state index in [1.165, 1.54) is 10.6 Å². The smallest absolute Gasteiger partial charge is 0.279 e. The van der Waals surface area contributed by atoms with Crippen molar-refractivity contribution in [2.24, 2.45) is 12.0 Å². The van der Waals surface area contributed by atoms with E-state index in [-0.39, 0.29) is 5.52 Å². The number of aromatic nitrogens is 1. The third-order valence-electron chi connectivity index (χ3n) is 3.64. The predicted octanol–water partition coefficient (Wildman–Crippen LogP) is 3.88. The van der Waals surface area contributed by atoms with Gasteiger partial charge in [-0.1, -0.05) is 29.0 Å². The van der Waals surface area contributed by atoms with Gasteiger partial charge in [-0.15, -0.1) is 0 Å². The minimum atomic E-state index is -0.667. The fraction of sp³-hybridized carbons (Fsp3) is 0.176. The molecule has 1 heterocycles. The van der Waals surface area contributed by atoms with E-state index in [1.54, 1.807) is 13.1 Å². The summed E-state index contributed by atoms with van der Waals surface area (Å²) in [5.74, 6) is -1.71. The van der Waals surface area contributed by atoms with E-state index in [9.17, 15) is 13.6 Å². The zero-order chi connectivity index (χ0) is 16.7. The average molecular weight is 332 g/mol. The highest BCUT2D eigenvalue weighted by Crippen LogP contribution is 2.21. The molecule has 1 aromatic heterocycles. The number of benzene rings is 2. The monoisotopic (exact) mass is 332 g/mol. The summed E-state index contributed by atoms with van der Waals surface area (Å²) >= 11 is 1.08. The SMILES string of the molecule is Cc1ccc(C)c(C(=O)N=c2sc3cc(F)cc(F)c3n2C)c1. The van der Waals surface area contributed by atoms with Gasteiger partial charge < -0.3 is 4.57 Å². The van der Waals surface area contributed by atoms with Crippen LogP contribution in [0.5, 0.6) is 0 Å². The number of fused-ring (bicyclic) bond motifs is 1. The van der Waals surface area contributed by atoms with Crippen molar-refractivity contribution in [2.45, 2.75) is 13.8 Å². The lowest BCUT2D eigenvalue weighted by atomic mass is 10.1. The third kappa shape index (κ3) is 2.82. The summed E-state index contributed by atoms with van der Waals surface area (Å²) in [7, 11) is 1.61. The normalized spacial score (nSPS) is 12.1. The summed E-state index contributed by atoms with van der Waals surface area (Å²) in [4.78, 5) is 16.8. The van der Waals surface area contributed by atoms with Crippen molar-refractivity contribution < 1.29 is 13.6 Å². The van der Waals surface area contributed by atoms with Gasteiger partial charge in [-0.05, 0) is 31.5 Å². The van der Waals surface area contributed by atoms with Gasteiger partial charge in [0.2, 0.25) is 0 Å². The molecule has 2 aromatic carbocycles. The van der Waals surface area contributed by atoms with Crippen LogP contribution in [0.25, 0.3) is 10.2 Å². The minimum Gasteiger partial charge on any atom is -0.317 e. The Morgan fingerprint density at radius 1 is 1.17 bits per heavy atom. The second-order valence-electron chi connectivity index (χ2n) is 5.41. The maximum atomic E-state index is 13.9. The Bertz CT molecular complexity index is 1000. The highest BCUT2D eigenvalue weighted by molar-refractivity contribution is 7.16. The topological polar surface area (TPSA) is 34.4 Å². The summed E-state index contributed by atoms with van der Waals surface area (Å²) < 4.78 is 29.1. The van der Waals surface area contributed by atoms with Crippen molar-refractivity contribution in [1.82, 2.24) is 4.57 Å². The third-order valence-corrected chi connectivity index (χ3v) is 4.72. The van der Waals surface area contributed by atoms with Gasteiger partial charge in [-0.3, -0.25) is 4.79 Å². The van der Waals surface area contributed by atoms with Gasteiger partial charge in [-0.25, -0.2) is 8.78 Å². The number of thiazole rings is 1. The molecule has 23 heavy (non-hydrogen) atoms. The van der Waals surface area contributed by atoms with Crippen LogP contribution in [-0.4, -0.2) is 10.5 Å². The predicted molar refractivity (Wildman–Crippen MR) is 86.5 cm³/mol. The molecular weight excluding hydrogens is 318 g/mol. The molecule has 0 N–H and O–H groups in total. The van der Waals surface area contributed by atoms with E-state index < -0.39 is 17.5 Å². The Morgan fingerprint density at radius 3 is 2.65 bits per heavy atom. The molecule has 0 atom stereocenters. The van der Waals surface area contributed by atoms with Crippen molar-refractivity contribution in [3.05, 3.63) is 63.5 Å². The summed E-state index contributed by atoms with van der Waals surface area (Å²) in [6, 6.07) is 7.62. The number of aryl methyl sites for hydroxylation is 3. The lowest BCUT2D eigenvalue weighted by molar-refractivity contribution is 0.0997. The van der Waals surface area contributed by atoms with E-state index in [1.807, 2.05) is 26.0 Å². The zero-order valence-electron chi connectivity index (χ0n) is 12.9. The van der Waals surface area contributed by atoms with Crippen LogP contribution in [0.2, 0.25) is 0 Å². The standard InChI is InChI=1S/C17H14F2N2OS/c1-9-4-5-10(2)12(6-9)16(22)20-17-21(3)15-13(19)7-11(18)8-14(15)23-17/h4-8H,1-3H3. The van der Waals surface area contributed by atoms with Crippen molar-refractivity contribution in [2.75, 3.05) is 0 Å². The van der Waals surface area contributed by atoms with Crippen LogP contribution in [0, 0.1) is 25.5 Å². The van der Waals surface area contributed by atoms with Gasteiger partial charge in [-0.2, -0.15) is 4.99 Å². The van der Waals surface area contributed by atoms with E-state index >= 15 is 0 Å². The molecule has 0 saturated carbocycles. The Kier molecular flexibility index (Phi) is 3.85. The first kappa shape index (κ1) is 15.6. The second kappa shape index (κ2) is 5.70. The average Bonchev–Trinajstić information content (AvgIpc) is 2.77. The van der Waals surface area contributed by atoms with E-state index in [0.717, 1.165) is 28.5 Å². The van der Waals surface area contributed by atoms with Crippen LogP contribution in [0.3, 0.4) is 0 Å². The number of carbonyl (C=O) groups is 1. The number of amides is 1. The van der Waals surface area contributed by atoms with Crippen LogP contribution >= 0.6 is 11.3 Å². The molecule has 0 saturated heterocycles. The van der Waals surface area contributed by atoms with Crippen LogP contribution in [0.15, 0.2) is 35.3 Å². The molecule has 0 aliphatic carbocycles. The minimum absolute atomic E-state index is 0.240. The molecule has 0 radical (unpaired) electrons. The van der Waals surface area contributed by atoms with Crippen LogP contribution in [0.4, 0.5) is 8.78 Å². The van der Waals surface area contributed by atoms with Gasteiger partial charge in [0.25, 0.3) is 5.91 Å². The second-order valence-corrected chi connectivity index (χ2v) is 6.42. The Morgan fingerprint density at radius 2 is 1.91 bits per heavy atom. The van der Waals surface area contributed by atoms with Crippen LogP contribution < -0.4 is 4.80 Å². The van der Waals surface area contributed by atoms with Gasteiger partial charge >= 0.3 is 0 Å². The Labute approximate surface area is 135 Å². The number of hydrogen-bond donors (Lipinski definition) is 0. The summed E-state index contributed by atoms with van der Waals surface area (Å²) in [5, 5.41) is 0. The number of nitrogens with zero attached hydrogens (tertiary/aromatic N) is 2. The molecule has 6 heteroatoms. The molecule has 3 aromatic rings. The number of halogens is 2. The molecular formula is C17H14F2N2OS. The van der Waals surface area contributed by atoms with Crippen molar-refractivity contribution >= 4 is 27.5 Å². The lowest BCUT2D eigenvalue weighted by Crippen LogP contribution is -2.14. The maximum Gasteiger partial charge on any atom is 0.279 e. The van der Waals surface area contributed by atoms with Crippen molar-refractivity contribution in [3.8, 4) is 0 Å². The first-order valence-electron chi connectivity index (χ1n) is 6.97. The highest BCUT2D eigenvalue weighted by Gasteiger charge is 2.13. The molecule has 0 aliphatic heterocycles. The molecule has 0 unspecified atom stereocenters. The molecule has 0 aliphatic rings. The molecule has 0 fully saturated rings. The first-order valence-corrected chi connectivity index (χ1v) is 7.79. The largest absolute Gasteiger partial charge is 0.317 e. The number of hydrogen-bond acceptors (Lipinski definition) is 2. The van der Waals surface area contributed by atoms with Crippen LogP contribution in [-0.2, 0) is 7.05 Å². The van der Waals surface area contributed by atoms with Gasteiger partial charge in [0.1, 0.15) is 5.82 Å². The summed E-state index contributed by atoms with van der Waals surface area (Å²) in [6.07, 6.45) is 0. The van der Waals surface area contributed by atoms with Gasteiger partial charge in [0, 0.05) is 18.7 Å².